The standard InChI is InChI=1S/C19H20N4O2/c1-3-11-20-19(25)16-17(21-15-6-4-5-12-23(15)16)22-18(24)14-9-7-13(2)8-10-14/h4-10,12H,3,11H2,1-2H3,(H,20,25)(H,22,24). The first-order valence-corrected chi connectivity index (χ1v) is 8.23. The largest absolute Gasteiger partial charge is 0.351 e. The quantitative estimate of drug-likeness (QED) is 0.752. The van der Waals surface area contributed by atoms with Crippen LogP contribution in [-0.2, 0) is 0 Å². The van der Waals surface area contributed by atoms with Crippen LogP contribution in [0.1, 0.15) is 39.8 Å². The van der Waals surface area contributed by atoms with Crippen molar-refractivity contribution in [2.75, 3.05) is 11.9 Å². The lowest BCUT2D eigenvalue weighted by atomic mass is 10.1. The minimum Gasteiger partial charge on any atom is -0.351 e. The summed E-state index contributed by atoms with van der Waals surface area (Å²) in [6.07, 6.45) is 2.58. The van der Waals surface area contributed by atoms with Gasteiger partial charge < -0.3 is 10.6 Å². The van der Waals surface area contributed by atoms with Gasteiger partial charge in [-0.3, -0.25) is 14.0 Å². The molecule has 2 aromatic heterocycles. The molecule has 0 saturated heterocycles. The molecule has 0 aliphatic heterocycles. The molecule has 2 heterocycles. The highest BCUT2D eigenvalue weighted by atomic mass is 16.2. The van der Waals surface area contributed by atoms with Crippen LogP contribution in [0.3, 0.4) is 0 Å². The third kappa shape index (κ3) is 3.52. The van der Waals surface area contributed by atoms with Crippen LogP contribution in [0.4, 0.5) is 5.82 Å². The Morgan fingerprint density at radius 2 is 1.84 bits per heavy atom. The van der Waals surface area contributed by atoms with Crippen LogP contribution < -0.4 is 10.6 Å². The van der Waals surface area contributed by atoms with Gasteiger partial charge in [-0.25, -0.2) is 4.98 Å². The molecule has 0 atom stereocenters. The second-order valence-electron chi connectivity index (χ2n) is 5.81. The molecule has 0 spiro atoms. The molecule has 3 rings (SSSR count). The van der Waals surface area contributed by atoms with E-state index in [1.165, 1.54) is 0 Å². The zero-order chi connectivity index (χ0) is 17.8. The number of fused-ring (bicyclic) bond motifs is 1. The summed E-state index contributed by atoms with van der Waals surface area (Å²) in [6, 6.07) is 12.7. The zero-order valence-electron chi connectivity index (χ0n) is 14.2. The topological polar surface area (TPSA) is 75.5 Å². The van der Waals surface area contributed by atoms with Crippen molar-refractivity contribution in [2.24, 2.45) is 0 Å². The van der Waals surface area contributed by atoms with Crippen LogP contribution in [0.5, 0.6) is 0 Å². The van der Waals surface area contributed by atoms with Crippen molar-refractivity contribution in [1.82, 2.24) is 14.7 Å². The molecule has 0 aliphatic carbocycles. The second kappa shape index (κ2) is 7.17. The van der Waals surface area contributed by atoms with Gasteiger partial charge >= 0.3 is 0 Å². The molecule has 0 unspecified atom stereocenters. The molecule has 128 valence electrons. The Hall–Kier alpha value is -3.15. The van der Waals surface area contributed by atoms with E-state index in [2.05, 4.69) is 15.6 Å². The van der Waals surface area contributed by atoms with Crippen LogP contribution in [-0.4, -0.2) is 27.7 Å². The number of hydrogen-bond acceptors (Lipinski definition) is 3. The number of benzene rings is 1. The average molecular weight is 336 g/mol. The normalized spacial score (nSPS) is 10.6. The molecule has 6 nitrogen and oxygen atoms in total. The molecule has 0 fully saturated rings. The fourth-order valence-corrected chi connectivity index (χ4v) is 2.51. The summed E-state index contributed by atoms with van der Waals surface area (Å²) >= 11 is 0. The Morgan fingerprint density at radius 1 is 1.08 bits per heavy atom. The van der Waals surface area contributed by atoms with Gasteiger partial charge in [0.1, 0.15) is 5.65 Å². The van der Waals surface area contributed by atoms with Gasteiger partial charge in [-0.05, 0) is 37.6 Å². The van der Waals surface area contributed by atoms with E-state index in [1.807, 2.05) is 38.1 Å². The summed E-state index contributed by atoms with van der Waals surface area (Å²) in [7, 11) is 0. The number of imidazole rings is 1. The number of anilines is 1. The first-order valence-electron chi connectivity index (χ1n) is 8.23. The lowest BCUT2D eigenvalue weighted by Crippen LogP contribution is -2.27. The van der Waals surface area contributed by atoms with Gasteiger partial charge in [-0.1, -0.05) is 30.7 Å². The summed E-state index contributed by atoms with van der Waals surface area (Å²) < 4.78 is 1.68. The molecule has 0 saturated carbocycles. The highest BCUT2D eigenvalue weighted by Crippen LogP contribution is 2.19. The summed E-state index contributed by atoms with van der Waals surface area (Å²) in [5.41, 5.74) is 2.51. The maximum atomic E-state index is 12.5. The number of aromatic nitrogens is 2. The van der Waals surface area contributed by atoms with E-state index < -0.39 is 0 Å². The van der Waals surface area contributed by atoms with Crippen LogP contribution in [0.2, 0.25) is 0 Å². The Labute approximate surface area is 145 Å². The van der Waals surface area contributed by atoms with E-state index in [4.69, 9.17) is 0 Å². The van der Waals surface area contributed by atoms with E-state index in [9.17, 15) is 9.59 Å². The Kier molecular flexibility index (Phi) is 4.79. The predicted octanol–water partition coefficient (Wildman–Crippen LogP) is 3.03. The molecule has 6 heteroatoms. The Bertz CT molecular complexity index is 913. The van der Waals surface area contributed by atoms with Crippen molar-refractivity contribution in [2.45, 2.75) is 20.3 Å². The SMILES string of the molecule is CCCNC(=O)c1c(NC(=O)c2ccc(C)cc2)nc2ccccn12. The number of nitrogens with zero attached hydrogens (tertiary/aromatic N) is 2. The molecule has 1 aromatic carbocycles. The van der Waals surface area contributed by atoms with E-state index in [-0.39, 0.29) is 17.6 Å². The van der Waals surface area contributed by atoms with Gasteiger partial charge in [-0.2, -0.15) is 0 Å². The average Bonchev–Trinajstić information content (AvgIpc) is 2.98. The third-order valence-electron chi connectivity index (χ3n) is 3.83. The van der Waals surface area contributed by atoms with E-state index in [0.29, 0.717) is 23.4 Å². The maximum absolute atomic E-state index is 12.5. The summed E-state index contributed by atoms with van der Waals surface area (Å²) in [5.74, 6) is -0.307. The lowest BCUT2D eigenvalue weighted by molar-refractivity contribution is 0.0949. The number of aryl methyl sites for hydroxylation is 1. The molecule has 2 amide bonds. The highest BCUT2D eigenvalue weighted by Gasteiger charge is 2.21. The van der Waals surface area contributed by atoms with Gasteiger partial charge in [0, 0.05) is 18.3 Å². The van der Waals surface area contributed by atoms with Crippen LogP contribution in [0.15, 0.2) is 48.7 Å². The van der Waals surface area contributed by atoms with Gasteiger partial charge in [0.05, 0.1) is 0 Å². The van der Waals surface area contributed by atoms with Crippen molar-refractivity contribution in [3.8, 4) is 0 Å². The molecular weight excluding hydrogens is 316 g/mol. The molecular formula is C19H20N4O2. The number of amides is 2. The molecule has 0 bridgehead atoms. The molecule has 3 aromatic rings. The number of nitrogens with one attached hydrogen (secondary N) is 2. The molecule has 0 radical (unpaired) electrons. The van der Waals surface area contributed by atoms with Gasteiger partial charge in [0.15, 0.2) is 11.5 Å². The third-order valence-corrected chi connectivity index (χ3v) is 3.83. The van der Waals surface area contributed by atoms with Crippen molar-refractivity contribution in [1.29, 1.82) is 0 Å². The predicted molar refractivity (Wildman–Crippen MR) is 96.9 cm³/mol. The van der Waals surface area contributed by atoms with Crippen LogP contribution in [0.25, 0.3) is 5.65 Å². The number of rotatable bonds is 5. The van der Waals surface area contributed by atoms with Crippen molar-refractivity contribution >= 4 is 23.3 Å². The number of pyridine rings is 1. The first-order chi connectivity index (χ1) is 12.1. The minimum atomic E-state index is -0.298. The highest BCUT2D eigenvalue weighted by molar-refractivity contribution is 6.08. The Morgan fingerprint density at radius 3 is 2.56 bits per heavy atom. The summed E-state index contributed by atoms with van der Waals surface area (Å²) in [5, 5.41) is 5.60. The molecule has 25 heavy (non-hydrogen) atoms. The summed E-state index contributed by atoms with van der Waals surface area (Å²) in [6.45, 7) is 4.50. The minimum absolute atomic E-state index is 0.255. The molecule has 0 aliphatic rings. The van der Waals surface area contributed by atoms with E-state index >= 15 is 0 Å². The number of carbonyl (C=O) groups excluding carboxylic acids is 2. The molecule has 2 N–H and O–H groups in total. The van der Waals surface area contributed by atoms with Crippen molar-refractivity contribution < 1.29 is 9.59 Å². The van der Waals surface area contributed by atoms with Crippen molar-refractivity contribution in [3.63, 3.8) is 0 Å². The Balaban J connectivity index is 1.96. The van der Waals surface area contributed by atoms with Gasteiger partial charge in [0.2, 0.25) is 0 Å². The smallest absolute Gasteiger partial charge is 0.272 e. The van der Waals surface area contributed by atoms with Crippen molar-refractivity contribution in [3.05, 3.63) is 65.5 Å². The van der Waals surface area contributed by atoms with Gasteiger partial charge in [-0.15, -0.1) is 0 Å². The summed E-state index contributed by atoms with van der Waals surface area (Å²) in [4.78, 5) is 29.4. The van der Waals surface area contributed by atoms with Gasteiger partial charge in [0.25, 0.3) is 11.8 Å². The van der Waals surface area contributed by atoms with E-state index in [1.54, 1.807) is 28.8 Å². The fraction of sp³-hybridized carbons (Fsp3) is 0.211. The number of hydrogen-bond donors (Lipinski definition) is 2. The zero-order valence-corrected chi connectivity index (χ0v) is 14.2. The van der Waals surface area contributed by atoms with Crippen LogP contribution in [0, 0.1) is 6.92 Å². The second-order valence-corrected chi connectivity index (χ2v) is 5.81. The first kappa shape index (κ1) is 16.7. The maximum Gasteiger partial charge on any atom is 0.272 e. The van der Waals surface area contributed by atoms with E-state index in [0.717, 1.165) is 12.0 Å². The van der Waals surface area contributed by atoms with Crippen LogP contribution >= 0.6 is 0 Å². The lowest BCUT2D eigenvalue weighted by Gasteiger charge is -2.07. The monoisotopic (exact) mass is 336 g/mol. The fourth-order valence-electron chi connectivity index (χ4n) is 2.51. The number of carbonyl (C=O) groups is 2.